The predicted molar refractivity (Wildman–Crippen MR) is 71.5 cm³/mol. The molecule has 0 fully saturated rings. The Balaban J connectivity index is 2.24. The fourth-order valence-electron chi connectivity index (χ4n) is 1.85. The van der Waals surface area contributed by atoms with Gasteiger partial charge < -0.3 is 14.9 Å². The maximum absolute atomic E-state index is 6.12. The lowest BCUT2D eigenvalue weighted by atomic mass is 10.1. The van der Waals surface area contributed by atoms with Crippen LogP contribution in [0.1, 0.15) is 30.8 Å². The van der Waals surface area contributed by atoms with Crippen LogP contribution < -0.4 is 10.5 Å². The number of hydrogen-bond acceptors (Lipinski definition) is 3. The Morgan fingerprint density at radius 3 is 2.61 bits per heavy atom. The summed E-state index contributed by atoms with van der Waals surface area (Å²) in [6.07, 6.45) is 2.23. The topological polar surface area (TPSA) is 48.4 Å². The van der Waals surface area contributed by atoms with Crippen LogP contribution in [-0.2, 0) is 0 Å². The van der Waals surface area contributed by atoms with E-state index in [1.54, 1.807) is 6.26 Å². The Labute approximate surface area is 108 Å². The molecule has 0 amide bonds. The van der Waals surface area contributed by atoms with Gasteiger partial charge in [0.15, 0.2) is 6.10 Å². The predicted octanol–water partition coefficient (Wildman–Crippen LogP) is 3.45. The highest BCUT2D eigenvalue weighted by Gasteiger charge is 2.23. The van der Waals surface area contributed by atoms with Crippen molar-refractivity contribution in [3.8, 4) is 5.75 Å². The maximum Gasteiger partial charge on any atom is 0.171 e. The van der Waals surface area contributed by atoms with E-state index in [9.17, 15) is 0 Å². The van der Waals surface area contributed by atoms with E-state index in [0.717, 1.165) is 23.5 Å². The first-order chi connectivity index (χ1) is 8.72. The number of benzene rings is 1. The standard InChI is InChI=1S/C15H19NO2/c1-3-12(16)15(14-9-6-10-17-14)18-13-8-5-4-7-11(13)2/h4-10,12,15H,3,16H2,1-2H3. The van der Waals surface area contributed by atoms with E-state index in [2.05, 4.69) is 0 Å². The number of hydrogen-bond donors (Lipinski definition) is 1. The number of aryl methyl sites for hydroxylation is 1. The zero-order valence-electron chi connectivity index (χ0n) is 10.8. The highest BCUT2D eigenvalue weighted by molar-refractivity contribution is 5.32. The van der Waals surface area contributed by atoms with Crippen molar-refractivity contribution in [2.75, 3.05) is 0 Å². The molecule has 0 radical (unpaired) electrons. The molecule has 1 heterocycles. The molecule has 0 saturated heterocycles. The third kappa shape index (κ3) is 2.74. The van der Waals surface area contributed by atoms with Crippen molar-refractivity contribution in [1.82, 2.24) is 0 Å². The van der Waals surface area contributed by atoms with Gasteiger partial charge in [-0.05, 0) is 37.1 Å². The van der Waals surface area contributed by atoms with Gasteiger partial charge >= 0.3 is 0 Å². The van der Waals surface area contributed by atoms with E-state index >= 15 is 0 Å². The minimum Gasteiger partial charge on any atom is -0.481 e. The lowest BCUT2D eigenvalue weighted by molar-refractivity contribution is 0.144. The summed E-state index contributed by atoms with van der Waals surface area (Å²) in [4.78, 5) is 0. The molecular formula is C15H19NO2. The van der Waals surface area contributed by atoms with Gasteiger partial charge in [-0.25, -0.2) is 0 Å². The van der Waals surface area contributed by atoms with Gasteiger partial charge in [-0.3, -0.25) is 0 Å². The molecule has 0 spiro atoms. The molecule has 2 rings (SSSR count). The van der Waals surface area contributed by atoms with Gasteiger partial charge in [0.2, 0.25) is 0 Å². The fourth-order valence-corrected chi connectivity index (χ4v) is 1.85. The Morgan fingerprint density at radius 1 is 1.22 bits per heavy atom. The van der Waals surface area contributed by atoms with Crippen LogP contribution in [0.15, 0.2) is 47.1 Å². The Morgan fingerprint density at radius 2 is 2.00 bits per heavy atom. The van der Waals surface area contributed by atoms with Crippen molar-refractivity contribution < 1.29 is 9.15 Å². The van der Waals surface area contributed by atoms with Crippen LogP contribution in [0.2, 0.25) is 0 Å². The van der Waals surface area contributed by atoms with Crippen molar-refractivity contribution >= 4 is 0 Å². The average molecular weight is 245 g/mol. The molecular weight excluding hydrogens is 226 g/mol. The second kappa shape index (κ2) is 5.74. The lowest BCUT2D eigenvalue weighted by Crippen LogP contribution is -2.31. The minimum absolute atomic E-state index is 0.0873. The molecule has 0 aliphatic heterocycles. The van der Waals surface area contributed by atoms with E-state index in [1.807, 2.05) is 50.2 Å². The molecule has 1 aromatic heterocycles. The molecule has 96 valence electrons. The van der Waals surface area contributed by atoms with Gasteiger partial charge in [-0.15, -0.1) is 0 Å². The number of furan rings is 1. The van der Waals surface area contributed by atoms with E-state index < -0.39 is 0 Å². The molecule has 0 aliphatic carbocycles. The first-order valence-electron chi connectivity index (χ1n) is 6.23. The molecule has 1 aromatic carbocycles. The summed E-state index contributed by atoms with van der Waals surface area (Å²) >= 11 is 0. The van der Waals surface area contributed by atoms with Gasteiger partial charge in [0.1, 0.15) is 11.5 Å². The molecule has 0 aliphatic rings. The van der Waals surface area contributed by atoms with Crippen LogP contribution in [0.3, 0.4) is 0 Å². The van der Waals surface area contributed by atoms with Gasteiger partial charge in [0, 0.05) is 6.04 Å². The number of ether oxygens (including phenoxy) is 1. The van der Waals surface area contributed by atoms with Crippen molar-refractivity contribution in [2.45, 2.75) is 32.4 Å². The third-order valence-corrected chi connectivity index (χ3v) is 3.03. The summed E-state index contributed by atoms with van der Waals surface area (Å²) in [5, 5.41) is 0. The van der Waals surface area contributed by atoms with E-state index in [4.69, 9.17) is 14.9 Å². The molecule has 3 heteroatoms. The molecule has 0 saturated carbocycles. The molecule has 18 heavy (non-hydrogen) atoms. The van der Waals surface area contributed by atoms with Crippen LogP contribution in [0.5, 0.6) is 5.75 Å². The van der Waals surface area contributed by atoms with Gasteiger partial charge in [-0.1, -0.05) is 25.1 Å². The molecule has 2 unspecified atom stereocenters. The van der Waals surface area contributed by atoms with Crippen LogP contribution >= 0.6 is 0 Å². The van der Waals surface area contributed by atoms with E-state index in [0.29, 0.717) is 0 Å². The minimum atomic E-state index is -0.244. The maximum atomic E-state index is 6.12. The van der Waals surface area contributed by atoms with Crippen molar-refractivity contribution in [2.24, 2.45) is 5.73 Å². The first kappa shape index (κ1) is 12.7. The quantitative estimate of drug-likeness (QED) is 0.877. The number of nitrogens with two attached hydrogens (primary N) is 1. The largest absolute Gasteiger partial charge is 0.481 e. The van der Waals surface area contributed by atoms with Crippen LogP contribution in [0.25, 0.3) is 0 Å². The number of rotatable bonds is 5. The number of para-hydroxylation sites is 1. The Kier molecular flexibility index (Phi) is 4.05. The van der Waals surface area contributed by atoms with Gasteiger partial charge in [0.25, 0.3) is 0 Å². The molecule has 3 nitrogen and oxygen atoms in total. The highest BCUT2D eigenvalue weighted by atomic mass is 16.5. The normalized spacial score (nSPS) is 14.2. The second-order valence-corrected chi connectivity index (χ2v) is 4.39. The first-order valence-corrected chi connectivity index (χ1v) is 6.23. The summed E-state index contributed by atoms with van der Waals surface area (Å²) in [5.41, 5.74) is 7.22. The monoisotopic (exact) mass is 245 g/mol. The second-order valence-electron chi connectivity index (χ2n) is 4.39. The van der Waals surface area contributed by atoms with Crippen LogP contribution in [0, 0.1) is 6.92 Å². The molecule has 2 aromatic rings. The summed E-state index contributed by atoms with van der Waals surface area (Å²) in [7, 11) is 0. The van der Waals surface area contributed by atoms with Crippen molar-refractivity contribution in [3.63, 3.8) is 0 Å². The smallest absolute Gasteiger partial charge is 0.171 e. The zero-order chi connectivity index (χ0) is 13.0. The SMILES string of the molecule is CCC(N)C(Oc1ccccc1C)c1ccco1. The summed E-state index contributed by atoms with van der Waals surface area (Å²) < 4.78 is 11.4. The molecule has 0 bridgehead atoms. The molecule has 2 atom stereocenters. The van der Waals surface area contributed by atoms with Crippen molar-refractivity contribution in [3.05, 3.63) is 54.0 Å². The van der Waals surface area contributed by atoms with E-state index in [1.165, 1.54) is 0 Å². The zero-order valence-corrected chi connectivity index (χ0v) is 10.8. The fraction of sp³-hybridized carbons (Fsp3) is 0.333. The van der Waals surface area contributed by atoms with Gasteiger partial charge in [-0.2, -0.15) is 0 Å². The third-order valence-electron chi connectivity index (χ3n) is 3.03. The van der Waals surface area contributed by atoms with Crippen molar-refractivity contribution in [1.29, 1.82) is 0 Å². The van der Waals surface area contributed by atoms with Crippen LogP contribution in [-0.4, -0.2) is 6.04 Å². The van der Waals surface area contributed by atoms with E-state index in [-0.39, 0.29) is 12.1 Å². The highest BCUT2D eigenvalue weighted by Crippen LogP contribution is 2.27. The molecule has 2 N–H and O–H groups in total. The summed E-state index contributed by atoms with van der Waals surface area (Å²) in [6.45, 7) is 4.06. The Bertz CT molecular complexity index is 479. The average Bonchev–Trinajstić information content (AvgIpc) is 2.90. The Hall–Kier alpha value is -1.74. The summed E-state index contributed by atoms with van der Waals surface area (Å²) in [6, 6.07) is 11.6. The van der Waals surface area contributed by atoms with Crippen LogP contribution in [0.4, 0.5) is 0 Å². The summed E-state index contributed by atoms with van der Waals surface area (Å²) in [5.74, 6) is 1.62. The lowest BCUT2D eigenvalue weighted by Gasteiger charge is -2.23. The van der Waals surface area contributed by atoms with Gasteiger partial charge in [0.05, 0.1) is 6.26 Å².